The topological polar surface area (TPSA) is 41.3 Å². The van der Waals surface area contributed by atoms with Crippen molar-refractivity contribution >= 4 is 15.9 Å². The van der Waals surface area contributed by atoms with Gasteiger partial charge in [-0.1, -0.05) is 0 Å². The fourth-order valence-corrected chi connectivity index (χ4v) is 4.03. The van der Waals surface area contributed by atoms with Crippen LogP contribution >= 0.6 is 15.9 Å². The first kappa shape index (κ1) is 13.6. The van der Waals surface area contributed by atoms with Crippen LogP contribution in [0.4, 0.5) is 0 Å². The van der Waals surface area contributed by atoms with Gasteiger partial charge in [-0.2, -0.15) is 5.10 Å². The lowest BCUT2D eigenvalue weighted by atomic mass is 9.89. The zero-order chi connectivity index (χ0) is 13.2. The Labute approximate surface area is 122 Å². The van der Waals surface area contributed by atoms with Crippen LogP contribution in [0.2, 0.25) is 0 Å². The normalized spacial score (nSPS) is 32.8. The molecule has 0 amide bonds. The lowest BCUT2D eigenvalue weighted by molar-refractivity contribution is 0.0828. The van der Waals surface area contributed by atoms with Crippen LogP contribution in [0.1, 0.15) is 44.6 Å². The summed E-state index contributed by atoms with van der Waals surface area (Å²) in [7, 11) is 0. The highest BCUT2D eigenvalue weighted by molar-refractivity contribution is 9.10. The Morgan fingerprint density at radius 1 is 1.26 bits per heavy atom. The number of aliphatic hydroxyl groups is 1. The molecule has 1 aromatic rings. The van der Waals surface area contributed by atoms with E-state index in [2.05, 4.69) is 36.8 Å². The minimum Gasteiger partial charge on any atom is -0.395 e. The number of halogens is 1. The maximum atomic E-state index is 9.49. The molecule has 1 aliphatic heterocycles. The summed E-state index contributed by atoms with van der Waals surface area (Å²) in [6, 6.07) is 1.54. The Morgan fingerprint density at radius 2 is 2.11 bits per heavy atom. The summed E-state index contributed by atoms with van der Waals surface area (Å²) in [5, 5.41) is 13.9. The highest BCUT2D eigenvalue weighted by atomic mass is 79.9. The molecule has 3 atom stereocenters. The van der Waals surface area contributed by atoms with Crippen molar-refractivity contribution in [3.8, 4) is 0 Å². The van der Waals surface area contributed by atoms with Gasteiger partial charge < -0.3 is 5.11 Å². The van der Waals surface area contributed by atoms with Gasteiger partial charge in [-0.3, -0.25) is 9.58 Å². The minimum absolute atomic E-state index is 0.314. The van der Waals surface area contributed by atoms with E-state index in [1.54, 1.807) is 0 Å². The van der Waals surface area contributed by atoms with E-state index in [9.17, 15) is 5.11 Å². The molecule has 1 aliphatic carbocycles. The number of hydrogen-bond acceptors (Lipinski definition) is 3. The molecule has 5 heteroatoms. The molecule has 0 radical (unpaired) electrons. The van der Waals surface area contributed by atoms with Crippen LogP contribution in [0.5, 0.6) is 0 Å². The SMILES string of the molecule is OC[C@H]1CCCN1[C@@H]1CCC[C@@H](n2cc(Br)cn2)C1. The van der Waals surface area contributed by atoms with Gasteiger partial charge in [0.1, 0.15) is 0 Å². The third-order valence-electron chi connectivity index (χ3n) is 4.67. The second kappa shape index (κ2) is 5.94. The van der Waals surface area contributed by atoms with Crippen LogP contribution in [0, 0.1) is 0 Å². The molecule has 1 saturated heterocycles. The summed E-state index contributed by atoms with van der Waals surface area (Å²) in [6.45, 7) is 1.47. The molecule has 2 fully saturated rings. The van der Waals surface area contributed by atoms with Crippen molar-refractivity contribution in [1.29, 1.82) is 0 Å². The molecule has 0 unspecified atom stereocenters. The van der Waals surface area contributed by atoms with Crippen molar-refractivity contribution in [2.24, 2.45) is 0 Å². The summed E-state index contributed by atoms with van der Waals surface area (Å²) in [5.41, 5.74) is 0. The summed E-state index contributed by atoms with van der Waals surface area (Å²) >= 11 is 3.47. The summed E-state index contributed by atoms with van der Waals surface area (Å²) in [5.74, 6) is 0. The maximum Gasteiger partial charge on any atom is 0.0632 e. The van der Waals surface area contributed by atoms with Crippen molar-refractivity contribution in [3.05, 3.63) is 16.9 Å². The van der Waals surface area contributed by atoms with Crippen molar-refractivity contribution in [2.75, 3.05) is 13.2 Å². The predicted octanol–water partition coefficient (Wildman–Crippen LogP) is 2.59. The highest BCUT2D eigenvalue weighted by Gasteiger charge is 2.34. The Bertz CT molecular complexity index is 423. The molecule has 1 aromatic heterocycles. The zero-order valence-electron chi connectivity index (χ0n) is 11.2. The number of aliphatic hydroxyl groups excluding tert-OH is 1. The summed E-state index contributed by atoms with van der Waals surface area (Å²) in [6.07, 6.45) is 11.3. The molecule has 4 nitrogen and oxygen atoms in total. The van der Waals surface area contributed by atoms with E-state index >= 15 is 0 Å². The van der Waals surface area contributed by atoms with E-state index in [-0.39, 0.29) is 0 Å². The van der Waals surface area contributed by atoms with Crippen LogP contribution in [-0.2, 0) is 0 Å². The van der Waals surface area contributed by atoms with Gasteiger partial charge in [0.2, 0.25) is 0 Å². The van der Waals surface area contributed by atoms with Crippen LogP contribution < -0.4 is 0 Å². The predicted molar refractivity (Wildman–Crippen MR) is 78.0 cm³/mol. The first-order valence-corrected chi connectivity index (χ1v) is 8.13. The molecule has 0 bridgehead atoms. The van der Waals surface area contributed by atoms with E-state index in [0.29, 0.717) is 24.7 Å². The average molecular weight is 328 g/mol. The molecule has 2 heterocycles. The fourth-order valence-electron chi connectivity index (χ4n) is 3.73. The molecule has 0 aromatic carbocycles. The van der Waals surface area contributed by atoms with Gasteiger partial charge in [-0.15, -0.1) is 0 Å². The molecule has 19 heavy (non-hydrogen) atoms. The lowest BCUT2D eigenvalue weighted by Gasteiger charge is -2.38. The van der Waals surface area contributed by atoms with Crippen LogP contribution in [0.3, 0.4) is 0 Å². The quantitative estimate of drug-likeness (QED) is 0.927. The first-order chi connectivity index (χ1) is 9.28. The van der Waals surface area contributed by atoms with E-state index < -0.39 is 0 Å². The standard InChI is InChI=1S/C14H22BrN3O/c15-11-8-16-18(9-11)13-4-1-3-12(7-13)17-6-2-5-14(17)10-19/h8-9,12-14,19H,1-7,10H2/t12-,13-,14-/m1/s1. The van der Waals surface area contributed by atoms with Gasteiger partial charge in [0.15, 0.2) is 0 Å². The summed E-state index contributed by atoms with van der Waals surface area (Å²) < 4.78 is 3.17. The van der Waals surface area contributed by atoms with E-state index in [4.69, 9.17) is 0 Å². The van der Waals surface area contributed by atoms with Crippen LogP contribution in [0.15, 0.2) is 16.9 Å². The third-order valence-corrected chi connectivity index (χ3v) is 5.07. The van der Waals surface area contributed by atoms with E-state index in [0.717, 1.165) is 17.4 Å². The van der Waals surface area contributed by atoms with Gasteiger partial charge in [0, 0.05) is 18.3 Å². The summed E-state index contributed by atoms with van der Waals surface area (Å²) in [4.78, 5) is 2.55. The zero-order valence-corrected chi connectivity index (χ0v) is 12.8. The van der Waals surface area contributed by atoms with Gasteiger partial charge in [0.05, 0.1) is 23.3 Å². The maximum absolute atomic E-state index is 9.49. The third kappa shape index (κ3) is 2.88. The van der Waals surface area contributed by atoms with Crippen molar-refractivity contribution in [3.63, 3.8) is 0 Å². The van der Waals surface area contributed by atoms with Gasteiger partial charge >= 0.3 is 0 Å². The second-order valence-electron chi connectivity index (χ2n) is 5.83. The van der Waals surface area contributed by atoms with Gasteiger partial charge in [-0.05, 0) is 61.0 Å². The second-order valence-corrected chi connectivity index (χ2v) is 6.74. The fraction of sp³-hybridized carbons (Fsp3) is 0.786. The van der Waals surface area contributed by atoms with Crippen LogP contribution in [0.25, 0.3) is 0 Å². The molecule has 2 aliphatic rings. The Kier molecular flexibility index (Phi) is 4.24. The number of aromatic nitrogens is 2. The first-order valence-electron chi connectivity index (χ1n) is 7.34. The highest BCUT2D eigenvalue weighted by Crippen LogP contribution is 2.34. The Morgan fingerprint density at radius 3 is 2.84 bits per heavy atom. The largest absolute Gasteiger partial charge is 0.395 e. The molecule has 0 spiro atoms. The van der Waals surface area contributed by atoms with E-state index in [1.807, 2.05) is 6.20 Å². The van der Waals surface area contributed by atoms with Crippen LogP contribution in [-0.4, -0.2) is 45.0 Å². The number of nitrogens with zero attached hydrogens (tertiary/aromatic N) is 3. The van der Waals surface area contributed by atoms with Crippen molar-refractivity contribution in [1.82, 2.24) is 14.7 Å². The molecule has 106 valence electrons. The van der Waals surface area contributed by atoms with E-state index in [1.165, 1.54) is 32.1 Å². The van der Waals surface area contributed by atoms with Crippen molar-refractivity contribution in [2.45, 2.75) is 56.7 Å². The lowest BCUT2D eigenvalue weighted by Crippen LogP contribution is -2.43. The number of rotatable bonds is 3. The molecular weight excluding hydrogens is 306 g/mol. The molecule has 3 rings (SSSR count). The van der Waals surface area contributed by atoms with Gasteiger partial charge in [0.25, 0.3) is 0 Å². The average Bonchev–Trinajstić information content (AvgIpc) is 3.07. The molecule has 1 N–H and O–H groups in total. The Hall–Kier alpha value is -0.390. The number of hydrogen-bond donors (Lipinski definition) is 1. The molecular formula is C14H22BrN3O. The van der Waals surface area contributed by atoms with Gasteiger partial charge in [-0.25, -0.2) is 0 Å². The van der Waals surface area contributed by atoms with Crippen molar-refractivity contribution < 1.29 is 5.11 Å². The molecule has 1 saturated carbocycles. The minimum atomic E-state index is 0.314. The monoisotopic (exact) mass is 327 g/mol. The smallest absolute Gasteiger partial charge is 0.0632 e. The number of likely N-dealkylation sites (tertiary alicyclic amines) is 1. The Balaban J connectivity index is 1.67.